The van der Waals surface area contributed by atoms with E-state index in [9.17, 15) is 5.11 Å². The molecule has 0 bridgehead atoms. The monoisotopic (exact) mass is 280 g/mol. The van der Waals surface area contributed by atoms with Gasteiger partial charge in [0.1, 0.15) is 5.75 Å². The maximum atomic E-state index is 9.77. The number of hydrogen-bond acceptors (Lipinski definition) is 3. The van der Waals surface area contributed by atoms with Gasteiger partial charge in [0.2, 0.25) is 0 Å². The topological polar surface area (TPSA) is 45.5 Å². The average molecular weight is 281 g/mol. The third kappa shape index (κ3) is 2.81. The van der Waals surface area contributed by atoms with E-state index in [0.717, 1.165) is 5.56 Å². The van der Waals surface area contributed by atoms with Crippen molar-refractivity contribution in [2.24, 2.45) is 4.99 Å². The average Bonchev–Trinajstić information content (AvgIpc) is 2.33. The first-order chi connectivity index (χ1) is 8.58. The van der Waals surface area contributed by atoms with Crippen LogP contribution in [0.5, 0.6) is 5.75 Å². The van der Waals surface area contributed by atoms with Crippen LogP contribution in [0.1, 0.15) is 11.1 Å². The van der Waals surface area contributed by atoms with Crippen molar-refractivity contribution in [2.75, 3.05) is 0 Å². The highest BCUT2D eigenvalue weighted by molar-refractivity contribution is 6.36. The first kappa shape index (κ1) is 12.9. The van der Waals surface area contributed by atoms with Crippen LogP contribution in [0, 0.1) is 6.92 Å². The molecule has 0 radical (unpaired) electrons. The smallest absolute Gasteiger partial charge is 0.154 e. The zero-order valence-corrected chi connectivity index (χ0v) is 11.1. The maximum absolute atomic E-state index is 9.77. The fourth-order valence-electron chi connectivity index (χ4n) is 1.43. The fraction of sp³-hybridized carbons (Fsp3) is 0.0769. The Labute approximate surface area is 115 Å². The molecule has 0 atom stereocenters. The molecule has 0 aliphatic rings. The molecule has 0 fully saturated rings. The quantitative estimate of drug-likeness (QED) is 0.840. The van der Waals surface area contributed by atoms with Gasteiger partial charge in [0.05, 0.1) is 5.02 Å². The fourth-order valence-corrected chi connectivity index (χ4v) is 1.94. The first-order valence-electron chi connectivity index (χ1n) is 5.21. The number of halogens is 2. The summed E-state index contributed by atoms with van der Waals surface area (Å²) in [4.78, 5) is 8.33. The molecule has 92 valence electrons. The predicted molar refractivity (Wildman–Crippen MR) is 74.4 cm³/mol. The summed E-state index contributed by atoms with van der Waals surface area (Å²) in [6, 6.07) is 6.80. The van der Waals surface area contributed by atoms with Crippen LogP contribution >= 0.6 is 23.2 Å². The van der Waals surface area contributed by atoms with Crippen LogP contribution in [-0.4, -0.2) is 16.3 Å². The molecule has 0 aliphatic heterocycles. The second-order valence-electron chi connectivity index (χ2n) is 3.73. The van der Waals surface area contributed by atoms with Crippen LogP contribution < -0.4 is 0 Å². The molecule has 1 aromatic carbocycles. The number of aromatic nitrogens is 1. The van der Waals surface area contributed by atoms with Gasteiger partial charge in [-0.2, -0.15) is 0 Å². The van der Waals surface area contributed by atoms with Crippen molar-refractivity contribution in [3.05, 3.63) is 51.6 Å². The molecule has 0 saturated heterocycles. The molecule has 3 nitrogen and oxygen atoms in total. The first-order valence-corrected chi connectivity index (χ1v) is 5.97. The van der Waals surface area contributed by atoms with Crippen LogP contribution in [0.4, 0.5) is 5.82 Å². The van der Waals surface area contributed by atoms with Crippen molar-refractivity contribution in [1.82, 2.24) is 4.98 Å². The lowest BCUT2D eigenvalue weighted by atomic mass is 10.2. The molecule has 2 aromatic rings. The Morgan fingerprint density at radius 1 is 1.33 bits per heavy atom. The van der Waals surface area contributed by atoms with E-state index in [4.69, 9.17) is 23.2 Å². The van der Waals surface area contributed by atoms with Gasteiger partial charge in [-0.3, -0.25) is 0 Å². The van der Waals surface area contributed by atoms with Crippen LogP contribution in [0.3, 0.4) is 0 Å². The van der Waals surface area contributed by atoms with Crippen LogP contribution in [-0.2, 0) is 0 Å². The molecule has 18 heavy (non-hydrogen) atoms. The lowest BCUT2D eigenvalue weighted by Crippen LogP contribution is -1.85. The molecule has 1 N–H and O–H groups in total. The molecule has 1 heterocycles. The minimum Gasteiger partial charge on any atom is -0.506 e. The Kier molecular flexibility index (Phi) is 3.84. The van der Waals surface area contributed by atoms with Crippen molar-refractivity contribution in [3.8, 4) is 5.75 Å². The van der Waals surface area contributed by atoms with Gasteiger partial charge in [0.15, 0.2) is 5.82 Å². The van der Waals surface area contributed by atoms with Crippen molar-refractivity contribution in [1.29, 1.82) is 0 Å². The molecule has 0 saturated carbocycles. The number of aromatic hydroxyl groups is 1. The Balaban J connectivity index is 2.38. The third-order valence-electron chi connectivity index (χ3n) is 2.37. The van der Waals surface area contributed by atoms with Crippen molar-refractivity contribution in [3.63, 3.8) is 0 Å². The SMILES string of the molecule is Cc1cccnc1N=Cc1cc(Cl)cc(Cl)c1O. The van der Waals surface area contributed by atoms with Crippen LogP contribution in [0.15, 0.2) is 35.5 Å². The van der Waals surface area contributed by atoms with Gasteiger partial charge in [0.25, 0.3) is 0 Å². The number of aliphatic imine (C=N–C) groups is 1. The molecule has 5 heteroatoms. The van der Waals surface area contributed by atoms with Crippen molar-refractivity contribution >= 4 is 35.2 Å². The summed E-state index contributed by atoms with van der Waals surface area (Å²) in [5.41, 5.74) is 1.40. The van der Waals surface area contributed by atoms with Crippen molar-refractivity contribution < 1.29 is 5.11 Å². The number of aryl methyl sites for hydroxylation is 1. The largest absolute Gasteiger partial charge is 0.506 e. The van der Waals surface area contributed by atoms with E-state index in [1.807, 2.05) is 19.1 Å². The van der Waals surface area contributed by atoms with E-state index >= 15 is 0 Å². The molecule has 0 spiro atoms. The molecule has 0 aliphatic carbocycles. The number of phenols is 1. The van der Waals surface area contributed by atoms with Crippen LogP contribution in [0.25, 0.3) is 0 Å². The second-order valence-corrected chi connectivity index (χ2v) is 4.57. The van der Waals surface area contributed by atoms with Crippen LogP contribution in [0.2, 0.25) is 10.0 Å². The van der Waals surface area contributed by atoms with E-state index in [1.165, 1.54) is 12.3 Å². The number of benzene rings is 1. The van der Waals surface area contributed by atoms with E-state index in [1.54, 1.807) is 12.3 Å². The minimum absolute atomic E-state index is 0.0431. The summed E-state index contributed by atoms with van der Waals surface area (Å²) in [6.07, 6.45) is 3.15. The standard InChI is InChI=1S/C13H10Cl2N2O/c1-8-3-2-4-16-13(8)17-7-9-5-10(14)6-11(15)12(9)18/h2-7,18H,1H3. The molecule has 0 unspecified atom stereocenters. The van der Waals surface area contributed by atoms with Gasteiger partial charge in [-0.05, 0) is 30.7 Å². The Hall–Kier alpha value is -1.58. The number of nitrogens with zero attached hydrogens (tertiary/aromatic N) is 2. The lowest BCUT2D eigenvalue weighted by molar-refractivity contribution is 0.475. The summed E-state index contributed by atoms with van der Waals surface area (Å²) in [6.45, 7) is 1.91. The summed E-state index contributed by atoms with van der Waals surface area (Å²) in [5, 5.41) is 10.4. The highest BCUT2D eigenvalue weighted by atomic mass is 35.5. The molecular weight excluding hydrogens is 271 g/mol. The number of rotatable bonds is 2. The van der Waals surface area contributed by atoms with E-state index in [-0.39, 0.29) is 10.8 Å². The lowest BCUT2D eigenvalue weighted by Gasteiger charge is -2.02. The molecule has 2 rings (SSSR count). The van der Waals surface area contributed by atoms with E-state index in [0.29, 0.717) is 16.4 Å². The minimum atomic E-state index is -0.0431. The van der Waals surface area contributed by atoms with Gasteiger partial charge in [-0.25, -0.2) is 9.98 Å². The summed E-state index contributed by atoms with van der Waals surface area (Å²) in [5.74, 6) is 0.548. The van der Waals surface area contributed by atoms with Gasteiger partial charge in [-0.1, -0.05) is 29.3 Å². The highest BCUT2D eigenvalue weighted by Gasteiger charge is 2.06. The van der Waals surface area contributed by atoms with Crippen molar-refractivity contribution in [2.45, 2.75) is 6.92 Å². The maximum Gasteiger partial charge on any atom is 0.154 e. The Morgan fingerprint density at radius 3 is 2.83 bits per heavy atom. The number of hydrogen-bond donors (Lipinski definition) is 1. The summed E-state index contributed by atoms with van der Waals surface area (Å²) < 4.78 is 0. The normalized spacial score (nSPS) is 11.1. The molecule has 1 aromatic heterocycles. The van der Waals surface area contributed by atoms with E-state index < -0.39 is 0 Å². The second kappa shape index (κ2) is 5.38. The number of pyridine rings is 1. The Morgan fingerprint density at radius 2 is 2.11 bits per heavy atom. The zero-order chi connectivity index (χ0) is 13.1. The van der Waals surface area contributed by atoms with Gasteiger partial charge >= 0.3 is 0 Å². The summed E-state index contributed by atoms with van der Waals surface area (Å²) >= 11 is 11.7. The molecule has 0 amide bonds. The van der Waals surface area contributed by atoms with Gasteiger partial charge < -0.3 is 5.11 Å². The van der Waals surface area contributed by atoms with E-state index in [2.05, 4.69) is 9.98 Å². The zero-order valence-electron chi connectivity index (χ0n) is 9.56. The number of phenolic OH excluding ortho intramolecular Hbond substituents is 1. The van der Waals surface area contributed by atoms with Gasteiger partial charge in [-0.15, -0.1) is 0 Å². The summed E-state index contributed by atoms with van der Waals surface area (Å²) in [7, 11) is 0. The predicted octanol–water partition coefficient (Wildman–Crippen LogP) is 4.15. The third-order valence-corrected chi connectivity index (χ3v) is 2.87. The molecular formula is C13H10Cl2N2O. The Bertz CT molecular complexity index is 612. The highest BCUT2D eigenvalue weighted by Crippen LogP contribution is 2.30. The van der Waals surface area contributed by atoms with Gasteiger partial charge in [0, 0.05) is 23.0 Å².